The molecule has 0 fully saturated rings. The molecule has 0 saturated carbocycles. The normalized spacial score (nSPS) is 10.7. The number of hydrogen-bond donors (Lipinski definition) is 1. The van der Waals surface area contributed by atoms with E-state index >= 15 is 0 Å². The highest BCUT2D eigenvalue weighted by Crippen LogP contribution is 2.27. The van der Waals surface area contributed by atoms with Gasteiger partial charge in [-0.1, -0.05) is 39.3 Å². The molecular formula is C19H18BrClN4O2S. The van der Waals surface area contributed by atoms with Gasteiger partial charge in [-0.25, -0.2) is 0 Å². The number of thioether (sulfide) groups is 1. The number of hydrogen-bond acceptors (Lipinski definition) is 5. The fourth-order valence-electron chi connectivity index (χ4n) is 2.47. The highest BCUT2D eigenvalue weighted by molar-refractivity contribution is 9.10. The van der Waals surface area contributed by atoms with Gasteiger partial charge in [0.15, 0.2) is 11.0 Å². The van der Waals surface area contributed by atoms with Crippen LogP contribution in [0.2, 0.25) is 5.02 Å². The fourth-order valence-corrected chi connectivity index (χ4v) is 3.90. The van der Waals surface area contributed by atoms with E-state index in [1.807, 2.05) is 48.9 Å². The molecule has 2 aromatic carbocycles. The maximum Gasteiger partial charge on any atom is 0.234 e. The molecular weight excluding hydrogens is 464 g/mol. The number of nitrogens with one attached hydrogen (secondary N) is 1. The predicted molar refractivity (Wildman–Crippen MR) is 116 cm³/mol. The molecule has 0 aliphatic rings. The molecule has 6 nitrogen and oxygen atoms in total. The molecule has 3 aromatic rings. The number of nitrogens with zero attached hydrogens (tertiary/aromatic N) is 3. The summed E-state index contributed by atoms with van der Waals surface area (Å²) in [4.78, 5) is 12.2. The molecule has 0 aliphatic carbocycles. The van der Waals surface area contributed by atoms with Crippen molar-refractivity contribution in [3.05, 3.63) is 52.0 Å². The molecule has 0 aliphatic heterocycles. The lowest BCUT2D eigenvalue weighted by Crippen LogP contribution is -2.14. The Hall–Kier alpha value is -2.03. The van der Waals surface area contributed by atoms with E-state index in [1.165, 1.54) is 11.8 Å². The largest absolute Gasteiger partial charge is 0.494 e. The van der Waals surface area contributed by atoms with Crippen molar-refractivity contribution < 1.29 is 9.53 Å². The average Bonchev–Trinajstić information content (AvgIpc) is 3.04. The van der Waals surface area contributed by atoms with Crippen LogP contribution >= 0.6 is 39.3 Å². The van der Waals surface area contributed by atoms with Gasteiger partial charge in [-0.15, -0.1) is 10.2 Å². The van der Waals surface area contributed by atoms with Crippen LogP contribution in [0.15, 0.2) is 52.1 Å². The summed E-state index contributed by atoms with van der Waals surface area (Å²) in [6.07, 6.45) is 0. The highest BCUT2D eigenvalue weighted by Gasteiger charge is 2.14. The van der Waals surface area contributed by atoms with Crippen LogP contribution in [-0.4, -0.2) is 33.0 Å². The van der Waals surface area contributed by atoms with E-state index in [9.17, 15) is 4.79 Å². The SMILES string of the molecule is CCOc1ccc(-c2nnc(SCC(=O)Nc3ccc(Br)cc3Cl)n2C)cc1. The lowest BCUT2D eigenvalue weighted by atomic mass is 10.2. The van der Waals surface area contributed by atoms with E-state index in [4.69, 9.17) is 16.3 Å². The van der Waals surface area contributed by atoms with Crippen molar-refractivity contribution in [3.8, 4) is 17.1 Å². The Kier molecular flexibility index (Phi) is 6.98. The minimum Gasteiger partial charge on any atom is -0.494 e. The summed E-state index contributed by atoms with van der Waals surface area (Å²) in [6.45, 7) is 2.57. The Morgan fingerprint density at radius 1 is 1.25 bits per heavy atom. The lowest BCUT2D eigenvalue weighted by molar-refractivity contribution is -0.113. The smallest absolute Gasteiger partial charge is 0.234 e. The maximum atomic E-state index is 12.2. The zero-order valence-electron chi connectivity index (χ0n) is 15.3. The first kappa shape index (κ1) is 20.7. The van der Waals surface area contributed by atoms with Gasteiger partial charge in [0.25, 0.3) is 0 Å². The van der Waals surface area contributed by atoms with Crippen LogP contribution in [0, 0.1) is 0 Å². The van der Waals surface area contributed by atoms with Gasteiger partial charge in [0, 0.05) is 17.1 Å². The fraction of sp³-hybridized carbons (Fsp3) is 0.211. The summed E-state index contributed by atoms with van der Waals surface area (Å²) in [6, 6.07) is 13.0. The van der Waals surface area contributed by atoms with E-state index < -0.39 is 0 Å². The minimum atomic E-state index is -0.167. The third-order valence-electron chi connectivity index (χ3n) is 3.80. The molecule has 0 unspecified atom stereocenters. The number of halogens is 2. The van der Waals surface area contributed by atoms with Crippen molar-refractivity contribution in [1.29, 1.82) is 0 Å². The Labute approximate surface area is 180 Å². The first-order chi connectivity index (χ1) is 13.5. The topological polar surface area (TPSA) is 69.0 Å². The molecule has 9 heteroatoms. The summed E-state index contributed by atoms with van der Waals surface area (Å²) in [5.74, 6) is 1.56. The standard InChI is InChI=1S/C19H18BrClN4O2S/c1-3-27-14-7-4-12(5-8-14)18-23-24-19(25(18)2)28-11-17(26)22-16-9-6-13(20)10-15(16)21/h4-10H,3,11H2,1-2H3,(H,22,26). The molecule has 0 saturated heterocycles. The molecule has 1 aromatic heterocycles. The molecule has 0 radical (unpaired) electrons. The Balaban J connectivity index is 1.63. The van der Waals surface area contributed by atoms with E-state index in [0.29, 0.717) is 22.5 Å². The van der Waals surface area contributed by atoms with E-state index in [0.717, 1.165) is 21.6 Å². The molecule has 1 heterocycles. The van der Waals surface area contributed by atoms with Gasteiger partial charge in [0.1, 0.15) is 5.75 Å². The van der Waals surface area contributed by atoms with Gasteiger partial charge in [-0.3, -0.25) is 4.79 Å². The third-order valence-corrected chi connectivity index (χ3v) is 5.62. The van der Waals surface area contributed by atoms with E-state index in [1.54, 1.807) is 12.1 Å². The van der Waals surface area contributed by atoms with Crippen LogP contribution in [0.3, 0.4) is 0 Å². The zero-order chi connectivity index (χ0) is 20.1. The van der Waals surface area contributed by atoms with Crippen molar-refractivity contribution in [2.45, 2.75) is 12.1 Å². The highest BCUT2D eigenvalue weighted by atomic mass is 79.9. The van der Waals surface area contributed by atoms with Crippen LogP contribution in [0.5, 0.6) is 5.75 Å². The van der Waals surface area contributed by atoms with Crippen LogP contribution in [0.4, 0.5) is 5.69 Å². The minimum absolute atomic E-state index is 0.167. The van der Waals surface area contributed by atoms with Gasteiger partial charge in [-0.2, -0.15) is 0 Å². The summed E-state index contributed by atoms with van der Waals surface area (Å²) in [5.41, 5.74) is 1.50. The first-order valence-corrected chi connectivity index (χ1v) is 10.6. The van der Waals surface area contributed by atoms with Gasteiger partial charge < -0.3 is 14.6 Å². The second-order valence-electron chi connectivity index (χ2n) is 5.78. The molecule has 146 valence electrons. The van der Waals surface area contributed by atoms with E-state index in [2.05, 4.69) is 31.4 Å². The molecule has 1 amide bonds. The lowest BCUT2D eigenvalue weighted by Gasteiger charge is -2.08. The number of aromatic nitrogens is 3. The third kappa shape index (κ3) is 5.06. The van der Waals surface area contributed by atoms with Crippen molar-refractivity contribution >= 4 is 50.9 Å². The molecule has 0 spiro atoms. The zero-order valence-corrected chi connectivity index (χ0v) is 18.4. The summed E-state index contributed by atoms with van der Waals surface area (Å²) >= 11 is 10.8. The monoisotopic (exact) mass is 480 g/mol. The van der Waals surface area contributed by atoms with Crippen LogP contribution < -0.4 is 10.1 Å². The number of amides is 1. The Morgan fingerprint density at radius 3 is 2.68 bits per heavy atom. The second-order valence-corrected chi connectivity index (χ2v) is 8.05. The average molecular weight is 482 g/mol. The summed E-state index contributed by atoms with van der Waals surface area (Å²) < 4.78 is 8.17. The molecule has 0 bridgehead atoms. The van der Waals surface area contributed by atoms with E-state index in [-0.39, 0.29) is 11.7 Å². The second kappa shape index (κ2) is 9.45. The van der Waals surface area contributed by atoms with Crippen molar-refractivity contribution in [3.63, 3.8) is 0 Å². The van der Waals surface area contributed by atoms with Gasteiger partial charge in [-0.05, 0) is 49.4 Å². The molecule has 0 atom stereocenters. The molecule has 3 rings (SSSR count). The number of ether oxygens (including phenoxy) is 1. The van der Waals surface area contributed by atoms with Gasteiger partial charge in [0.05, 0.1) is 23.1 Å². The maximum absolute atomic E-state index is 12.2. The number of carbonyl (C=O) groups excluding carboxylic acids is 1. The Bertz CT molecular complexity index is 979. The number of benzene rings is 2. The quantitative estimate of drug-likeness (QED) is 0.480. The number of carbonyl (C=O) groups is 1. The van der Waals surface area contributed by atoms with Gasteiger partial charge >= 0.3 is 0 Å². The van der Waals surface area contributed by atoms with Crippen molar-refractivity contribution in [2.75, 3.05) is 17.7 Å². The predicted octanol–water partition coefficient (Wildman–Crippen LogP) is 5.03. The van der Waals surface area contributed by atoms with Crippen LogP contribution in [0.25, 0.3) is 11.4 Å². The first-order valence-electron chi connectivity index (χ1n) is 8.48. The van der Waals surface area contributed by atoms with Crippen LogP contribution in [0.1, 0.15) is 6.92 Å². The summed E-state index contributed by atoms with van der Waals surface area (Å²) in [5, 5.41) is 12.4. The van der Waals surface area contributed by atoms with Crippen molar-refractivity contribution in [1.82, 2.24) is 14.8 Å². The number of rotatable bonds is 7. The number of anilines is 1. The van der Waals surface area contributed by atoms with Gasteiger partial charge in [0.2, 0.25) is 5.91 Å². The summed E-state index contributed by atoms with van der Waals surface area (Å²) in [7, 11) is 1.87. The Morgan fingerprint density at radius 2 is 2.00 bits per heavy atom. The van der Waals surface area contributed by atoms with Crippen molar-refractivity contribution in [2.24, 2.45) is 7.05 Å². The molecule has 28 heavy (non-hydrogen) atoms. The van der Waals surface area contributed by atoms with Crippen LogP contribution in [-0.2, 0) is 11.8 Å². The molecule has 1 N–H and O–H groups in total.